The van der Waals surface area contributed by atoms with Crippen molar-refractivity contribution in [2.75, 3.05) is 0 Å². The van der Waals surface area contributed by atoms with E-state index in [1.165, 1.54) is 6.08 Å². The topological polar surface area (TPSA) is 78.9 Å². The summed E-state index contributed by atoms with van der Waals surface area (Å²) < 4.78 is 0. The van der Waals surface area contributed by atoms with Gasteiger partial charge in [-0.05, 0) is 17.7 Å². The Kier molecular flexibility index (Phi) is 2.22. The molecule has 0 saturated carbocycles. The minimum absolute atomic E-state index is 0.134. The van der Waals surface area contributed by atoms with E-state index in [0.717, 1.165) is 6.08 Å². The van der Waals surface area contributed by atoms with Crippen LogP contribution in [0.3, 0.4) is 0 Å². The molecule has 0 radical (unpaired) electrons. The van der Waals surface area contributed by atoms with Crippen LogP contribution in [0.4, 0.5) is 0 Å². The average Bonchev–Trinajstić information content (AvgIpc) is 2.31. The second kappa shape index (κ2) is 3.16. The molecular weight excluding hydrogens is 170 g/mol. The summed E-state index contributed by atoms with van der Waals surface area (Å²) in [5.41, 5.74) is 0. The average molecular weight is 174 g/mol. The molecule has 1 rings (SSSR count). The summed E-state index contributed by atoms with van der Waals surface area (Å²) >= 11 is 5.37. The van der Waals surface area contributed by atoms with Gasteiger partial charge in [0.1, 0.15) is 0 Å². The van der Waals surface area contributed by atoms with Gasteiger partial charge < -0.3 is 5.11 Å². The third-order valence-corrected chi connectivity index (χ3v) is 1.02. The predicted molar refractivity (Wildman–Crippen MR) is 38.1 cm³/mol. The first-order chi connectivity index (χ1) is 5.18. The highest BCUT2D eigenvalue weighted by atomic mass is 35.5. The summed E-state index contributed by atoms with van der Waals surface area (Å²) in [7, 11) is 0. The molecule has 58 valence electrons. The fourth-order valence-electron chi connectivity index (χ4n) is 0.474. The molecule has 0 aromatic carbocycles. The molecule has 0 unspecified atom stereocenters. The summed E-state index contributed by atoms with van der Waals surface area (Å²) in [6, 6.07) is 0. The van der Waals surface area contributed by atoms with Crippen LogP contribution in [0.5, 0.6) is 0 Å². The number of aliphatic carboxylic acids is 1. The molecule has 11 heavy (non-hydrogen) atoms. The van der Waals surface area contributed by atoms with Crippen molar-refractivity contribution in [2.45, 2.75) is 0 Å². The van der Waals surface area contributed by atoms with E-state index in [9.17, 15) is 4.79 Å². The van der Waals surface area contributed by atoms with Crippen LogP contribution in [0, 0.1) is 0 Å². The third kappa shape index (κ3) is 2.38. The molecule has 6 heteroatoms. The normalized spacial score (nSPS) is 10.6. The fourth-order valence-corrected chi connectivity index (χ4v) is 0.603. The van der Waals surface area contributed by atoms with E-state index >= 15 is 0 Å². The van der Waals surface area contributed by atoms with E-state index in [4.69, 9.17) is 16.7 Å². The standard InChI is InChI=1S/C5H4ClN3O2/c6-5-7-3(8-9-5)1-2-4(10)11/h1-2H,(H,10,11)(H,7,8,9)/b2-1+. The van der Waals surface area contributed by atoms with Crippen molar-refractivity contribution in [2.24, 2.45) is 0 Å². The molecule has 1 aromatic rings. The first-order valence-corrected chi connectivity index (χ1v) is 3.05. The Bertz CT molecular complexity index is 294. The number of nitrogens with zero attached hydrogens (tertiary/aromatic N) is 2. The van der Waals surface area contributed by atoms with E-state index in [1.807, 2.05) is 0 Å². The number of hydrogen-bond donors (Lipinski definition) is 2. The van der Waals surface area contributed by atoms with Crippen LogP contribution in [-0.4, -0.2) is 26.3 Å². The van der Waals surface area contributed by atoms with Crippen LogP contribution in [0.1, 0.15) is 5.82 Å². The fraction of sp³-hybridized carbons (Fsp3) is 0. The predicted octanol–water partition coefficient (Wildman–Crippen LogP) is 0.556. The molecule has 0 amide bonds. The van der Waals surface area contributed by atoms with Gasteiger partial charge in [-0.3, -0.25) is 0 Å². The lowest BCUT2D eigenvalue weighted by Gasteiger charge is -1.76. The van der Waals surface area contributed by atoms with Crippen LogP contribution in [0.15, 0.2) is 6.08 Å². The van der Waals surface area contributed by atoms with Crippen molar-refractivity contribution < 1.29 is 9.90 Å². The lowest BCUT2D eigenvalue weighted by atomic mass is 10.5. The largest absolute Gasteiger partial charge is 0.478 e. The Labute approximate surface area is 66.7 Å². The molecule has 2 N–H and O–H groups in total. The maximum absolute atomic E-state index is 9.99. The van der Waals surface area contributed by atoms with Gasteiger partial charge in [-0.25, -0.2) is 9.89 Å². The molecular formula is C5H4ClN3O2. The summed E-state index contributed by atoms with van der Waals surface area (Å²) in [6.45, 7) is 0. The molecule has 1 aromatic heterocycles. The second-order valence-electron chi connectivity index (χ2n) is 1.66. The van der Waals surface area contributed by atoms with Crippen LogP contribution in [0.2, 0.25) is 5.28 Å². The van der Waals surface area contributed by atoms with Crippen LogP contribution in [0.25, 0.3) is 6.08 Å². The van der Waals surface area contributed by atoms with Gasteiger partial charge in [0, 0.05) is 6.08 Å². The van der Waals surface area contributed by atoms with E-state index < -0.39 is 5.97 Å². The lowest BCUT2D eigenvalue weighted by Crippen LogP contribution is -1.86. The number of H-pyrrole nitrogens is 1. The van der Waals surface area contributed by atoms with E-state index in [-0.39, 0.29) is 11.1 Å². The minimum Gasteiger partial charge on any atom is -0.478 e. The maximum Gasteiger partial charge on any atom is 0.328 e. The number of halogens is 1. The van der Waals surface area contributed by atoms with Gasteiger partial charge in [0.25, 0.3) is 0 Å². The molecule has 0 saturated heterocycles. The summed E-state index contributed by atoms with van der Waals surface area (Å²) in [6.07, 6.45) is 2.17. The Hall–Kier alpha value is -1.36. The zero-order chi connectivity index (χ0) is 8.27. The van der Waals surface area contributed by atoms with Crippen molar-refractivity contribution in [1.29, 1.82) is 0 Å². The zero-order valence-corrected chi connectivity index (χ0v) is 6.04. The van der Waals surface area contributed by atoms with E-state index in [0.29, 0.717) is 0 Å². The van der Waals surface area contributed by atoms with Gasteiger partial charge in [-0.2, -0.15) is 10.1 Å². The van der Waals surface area contributed by atoms with Crippen LogP contribution in [-0.2, 0) is 4.79 Å². The smallest absolute Gasteiger partial charge is 0.328 e. The number of carboxylic acid groups (broad SMARTS) is 1. The maximum atomic E-state index is 9.99. The monoisotopic (exact) mass is 173 g/mol. The SMILES string of the molecule is O=C(O)/C=C/c1n[nH]c(Cl)n1. The molecule has 0 spiro atoms. The number of carbonyl (C=O) groups is 1. The molecule has 0 aliphatic heterocycles. The van der Waals surface area contributed by atoms with E-state index in [1.54, 1.807) is 0 Å². The number of aromatic amines is 1. The van der Waals surface area contributed by atoms with Gasteiger partial charge in [-0.15, -0.1) is 0 Å². The van der Waals surface area contributed by atoms with E-state index in [2.05, 4.69) is 15.2 Å². The van der Waals surface area contributed by atoms with Gasteiger partial charge in [0.15, 0.2) is 5.82 Å². The van der Waals surface area contributed by atoms with Gasteiger partial charge >= 0.3 is 5.97 Å². The quantitative estimate of drug-likeness (QED) is 0.641. The molecule has 0 bridgehead atoms. The third-order valence-electron chi connectivity index (χ3n) is 0.850. The Balaban J connectivity index is 2.71. The number of nitrogens with one attached hydrogen (secondary N) is 1. The van der Waals surface area contributed by atoms with Crippen LogP contribution >= 0.6 is 11.6 Å². The highest BCUT2D eigenvalue weighted by molar-refractivity contribution is 6.28. The van der Waals surface area contributed by atoms with Crippen molar-refractivity contribution >= 4 is 23.6 Å². The lowest BCUT2D eigenvalue weighted by molar-refractivity contribution is -0.131. The van der Waals surface area contributed by atoms with Gasteiger partial charge in [0.2, 0.25) is 5.28 Å². The summed E-state index contributed by atoms with van der Waals surface area (Å²) in [4.78, 5) is 13.6. The number of rotatable bonds is 2. The zero-order valence-electron chi connectivity index (χ0n) is 5.28. The van der Waals surface area contributed by atoms with Crippen molar-refractivity contribution in [3.05, 3.63) is 17.2 Å². The van der Waals surface area contributed by atoms with Crippen molar-refractivity contribution in [3.63, 3.8) is 0 Å². The Morgan fingerprint density at radius 2 is 2.45 bits per heavy atom. The number of hydrogen-bond acceptors (Lipinski definition) is 3. The molecule has 0 atom stereocenters. The first kappa shape index (κ1) is 7.74. The highest BCUT2D eigenvalue weighted by Crippen LogP contribution is 1.99. The van der Waals surface area contributed by atoms with Gasteiger partial charge in [-0.1, -0.05) is 0 Å². The summed E-state index contributed by atoms with van der Waals surface area (Å²) in [5.74, 6) is -0.802. The number of carboxylic acids is 1. The first-order valence-electron chi connectivity index (χ1n) is 2.67. The van der Waals surface area contributed by atoms with Gasteiger partial charge in [0.05, 0.1) is 0 Å². The molecule has 5 nitrogen and oxygen atoms in total. The summed E-state index contributed by atoms with van der Waals surface area (Å²) in [5, 5.41) is 14.3. The van der Waals surface area contributed by atoms with Crippen molar-refractivity contribution in [3.8, 4) is 0 Å². The highest BCUT2D eigenvalue weighted by Gasteiger charge is 1.95. The second-order valence-corrected chi connectivity index (χ2v) is 2.01. The molecule has 1 heterocycles. The Morgan fingerprint density at radius 1 is 1.73 bits per heavy atom. The van der Waals surface area contributed by atoms with Crippen LogP contribution < -0.4 is 0 Å². The number of aromatic nitrogens is 3. The molecule has 0 fully saturated rings. The minimum atomic E-state index is -1.05. The molecule has 0 aliphatic rings. The van der Waals surface area contributed by atoms with Crippen molar-refractivity contribution in [1.82, 2.24) is 15.2 Å². The molecule has 0 aliphatic carbocycles. The Morgan fingerprint density at radius 3 is 2.91 bits per heavy atom.